The topological polar surface area (TPSA) is 119 Å². The van der Waals surface area contributed by atoms with Crippen LogP contribution in [-0.2, 0) is 14.4 Å². The van der Waals surface area contributed by atoms with Gasteiger partial charge in [0.15, 0.2) is 0 Å². The molecule has 0 saturated carbocycles. The summed E-state index contributed by atoms with van der Waals surface area (Å²) in [6.07, 6.45) is 3.10. The van der Waals surface area contributed by atoms with Gasteiger partial charge in [-0.25, -0.2) is 4.99 Å². The van der Waals surface area contributed by atoms with Crippen molar-refractivity contribution < 1.29 is 54.2 Å². The van der Waals surface area contributed by atoms with Crippen molar-refractivity contribution in [3.05, 3.63) is 0 Å². The first-order chi connectivity index (χ1) is 11.1. The fourth-order valence-corrected chi connectivity index (χ4v) is 2.91. The van der Waals surface area contributed by atoms with Crippen LogP contribution in [0.15, 0.2) is 4.99 Å². The summed E-state index contributed by atoms with van der Waals surface area (Å²) in [6, 6.07) is -0.845. The van der Waals surface area contributed by atoms with Gasteiger partial charge in [-0.2, -0.15) is 0 Å². The van der Waals surface area contributed by atoms with Crippen LogP contribution in [0.5, 0.6) is 0 Å². The third kappa shape index (κ3) is 7.76. The predicted molar refractivity (Wildman–Crippen MR) is 92.6 cm³/mol. The second-order valence-electron chi connectivity index (χ2n) is 5.79. The van der Waals surface area contributed by atoms with Crippen LogP contribution < -0.4 is 40.0 Å². The van der Waals surface area contributed by atoms with Gasteiger partial charge in [-0.1, -0.05) is 50.0 Å². The molecule has 0 aromatic heterocycles. The van der Waals surface area contributed by atoms with Gasteiger partial charge in [-0.3, -0.25) is 14.4 Å². The van der Waals surface area contributed by atoms with Crippen LogP contribution in [0.4, 0.5) is 0 Å². The Morgan fingerprint density at radius 3 is 2.24 bits per heavy atom. The number of aliphatic carboxylic acids is 1. The molecule has 1 aliphatic heterocycles. The van der Waals surface area contributed by atoms with E-state index in [1.54, 1.807) is 6.92 Å². The van der Waals surface area contributed by atoms with Crippen LogP contribution in [0.2, 0.25) is 0 Å². The van der Waals surface area contributed by atoms with Gasteiger partial charge in [-0.15, -0.1) is 0 Å². The second kappa shape index (κ2) is 12.8. The van der Waals surface area contributed by atoms with Crippen LogP contribution in [0.25, 0.3) is 0 Å². The molecule has 3 unspecified atom stereocenters. The molecule has 0 aliphatic carbocycles. The van der Waals surface area contributed by atoms with E-state index < -0.39 is 29.2 Å². The van der Waals surface area contributed by atoms with Crippen molar-refractivity contribution in [3.63, 3.8) is 0 Å². The number of amides is 2. The first kappa shape index (κ1) is 26.8. The van der Waals surface area contributed by atoms with Crippen LogP contribution >= 0.6 is 15.9 Å². The zero-order chi connectivity index (χ0) is 18.9. The van der Waals surface area contributed by atoms with Crippen molar-refractivity contribution in [1.82, 2.24) is 5.32 Å². The molecular weight excluding hydrogens is 403 g/mol. The van der Waals surface area contributed by atoms with Crippen molar-refractivity contribution in [2.24, 2.45) is 16.3 Å². The normalized spacial score (nSPS) is 21.7. The van der Waals surface area contributed by atoms with Crippen molar-refractivity contribution >= 4 is 39.7 Å². The molecule has 9 heteroatoms. The summed E-state index contributed by atoms with van der Waals surface area (Å²) < 4.78 is 0. The van der Waals surface area contributed by atoms with Gasteiger partial charge in [0.05, 0.1) is 12.4 Å². The Morgan fingerprint density at radius 2 is 1.92 bits per heavy atom. The number of halogens is 1. The molecule has 138 valence electrons. The van der Waals surface area contributed by atoms with E-state index in [0.717, 1.165) is 19.3 Å². The summed E-state index contributed by atoms with van der Waals surface area (Å²) in [7, 11) is 0. The first-order valence-electron chi connectivity index (χ1n) is 8.12. The van der Waals surface area contributed by atoms with E-state index in [-0.39, 0.29) is 46.7 Å². The van der Waals surface area contributed by atoms with Gasteiger partial charge in [0, 0.05) is 4.83 Å². The maximum Gasteiger partial charge on any atom is 1.00 e. The van der Waals surface area contributed by atoms with E-state index >= 15 is 0 Å². The van der Waals surface area contributed by atoms with Gasteiger partial charge in [0.2, 0.25) is 5.91 Å². The molecule has 0 spiro atoms. The minimum absolute atomic E-state index is 0. The standard InChI is InChI=1S/C11H18N2O3.C5H9BrO2.Na/c1-4-6-7(3)11(5-2)8(14)12-10(16)13-9(11)15;1-2-4(6)3-5(7)8;/h7H,4-6H2,1-3H3,(H2,12,13,14,15,16);4H,2-3H2,1H3,(H,7,8);/q;;+1/p-1. The smallest absolute Gasteiger partial charge is 0.846 e. The average molecular weight is 429 g/mol. The molecule has 3 atom stereocenters. The van der Waals surface area contributed by atoms with Crippen LogP contribution in [0.1, 0.15) is 59.8 Å². The summed E-state index contributed by atoms with van der Waals surface area (Å²) in [6.45, 7) is 7.57. The number of amidine groups is 1. The number of hydrogen-bond acceptors (Lipinski definition) is 4. The van der Waals surface area contributed by atoms with Crippen LogP contribution in [0, 0.1) is 11.3 Å². The largest absolute Gasteiger partial charge is 1.00 e. The summed E-state index contributed by atoms with van der Waals surface area (Å²) in [5.74, 6) is -1.94. The first-order valence-corrected chi connectivity index (χ1v) is 9.04. The number of carbonyl (C=O) groups excluding carboxylic acids is 2. The molecule has 0 aromatic rings. The number of carboxylic acids is 1. The Hall–Kier alpha value is -0.440. The zero-order valence-corrected chi connectivity index (χ0v) is 19.2. The molecule has 1 rings (SSSR count). The Morgan fingerprint density at radius 1 is 1.36 bits per heavy atom. The van der Waals surface area contributed by atoms with E-state index in [1.165, 1.54) is 0 Å². The van der Waals surface area contributed by atoms with E-state index in [1.807, 2.05) is 20.8 Å². The molecular formula is C16H26BrN2NaO5. The van der Waals surface area contributed by atoms with Gasteiger partial charge in [0.1, 0.15) is 5.41 Å². The van der Waals surface area contributed by atoms with Gasteiger partial charge < -0.3 is 15.5 Å². The van der Waals surface area contributed by atoms with Crippen molar-refractivity contribution in [2.45, 2.75) is 64.6 Å². The van der Waals surface area contributed by atoms with Crippen molar-refractivity contribution in [1.29, 1.82) is 0 Å². The molecule has 0 saturated heterocycles. The second-order valence-corrected chi connectivity index (χ2v) is 7.09. The third-order valence-corrected chi connectivity index (χ3v) is 5.14. The quantitative estimate of drug-likeness (QED) is 0.300. The Labute approximate surface area is 179 Å². The molecule has 0 bridgehead atoms. The van der Waals surface area contributed by atoms with Crippen molar-refractivity contribution in [3.8, 4) is 0 Å². The van der Waals surface area contributed by atoms with Crippen LogP contribution in [-0.4, -0.2) is 33.7 Å². The average Bonchev–Trinajstić information content (AvgIpc) is 2.47. The number of carbonyl (C=O) groups is 3. The predicted octanol–water partition coefficient (Wildman–Crippen LogP) is -1.17. The summed E-state index contributed by atoms with van der Waals surface area (Å²) in [5, 5.41) is 21.3. The maximum atomic E-state index is 11.9. The fourth-order valence-electron chi connectivity index (χ4n) is 2.63. The molecule has 0 aromatic carbocycles. The van der Waals surface area contributed by atoms with Gasteiger partial charge >= 0.3 is 35.5 Å². The maximum absolute atomic E-state index is 11.9. The number of hydrogen-bond donors (Lipinski definition) is 2. The van der Waals surface area contributed by atoms with Crippen LogP contribution in [0.3, 0.4) is 0 Å². The summed E-state index contributed by atoms with van der Waals surface area (Å²) in [4.78, 5) is 37.1. The Bertz CT molecular complexity index is 501. The molecule has 25 heavy (non-hydrogen) atoms. The van der Waals surface area contributed by atoms with E-state index in [0.29, 0.717) is 6.42 Å². The molecule has 2 N–H and O–H groups in total. The number of rotatable bonds is 7. The number of alkyl halides is 1. The van der Waals surface area contributed by atoms with E-state index in [2.05, 4.69) is 26.2 Å². The number of nitrogens with zero attached hydrogens (tertiary/aromatic N) is 1. The van der Waals surface area contributed by atoms with Gasteiger partial charge in [0.25, 0.3) is 5.91 Å². The summed E-state index contributed by atoms with van der Waals surface area (Å²) >= 11 is 3.20. The monoisotopic (exact) mass is 428 g/mol. The van der Waals surface area contributed by atoms with Crippen molar-refractivity contribution in [2.75, 3.05) is 0 Å². The molecule has 2 amide bonds. The van der Waals surface area contributed by atoms with E-state index in [9.17, 15) is 19.5 Å². The van der Waals surface area contributed by atoms with Gasteiger partial charge in [-0.05, 0) is 25.2 Å². The molecule has 7 nitrogen and oxygen atoms in total. The molecule has 1 aliphatic rings. The fraction of sp³-hybridized carbons (Fsp3) is 0.750. The van der Waals surface area contributed by atoms with E-state index in [4.69, 9.17) is 5.11 Å². The SMILES string of the molecule is CCC(Br)CC(=O)O.CCCC(C)C1(CC)C(=O)N=C([O-])NC1=O.[Na+]. The Balaban J connectivity index is 0. The zero-order valence-electron chi connectivity index (χ0n) is 15.6. The number of carboxylic acid groups (broad SMARTS) is 1. The molecule has 0 fully saturated rings. The minimum Gasteiger partial charge on any atom is -0.846 e. The summed E-state index contributed by atoms with van der Waals surface area (Å²) in [5.41, 5.74) is -1.15. The number of nitrogens with one attached hydrogen (secondary N) is 1. The number of aliphatic imine (C=N–C) groups is 1. The molecule has 1 heterocycles. The molecule has 0 radical (unpaired) electrons. The third-order valence-electron chi connectivity index (χ3n) is 4.17. The Kier molecular flexibility index (Phi) is 13.8. The minimum atomic E-state index is -1.15.